The quantitative estimate of drug-likeness (QED) is 0.785. The van der Waals surface area contributed by atoms with E-state index in [-0.39, 0.29) is 11.3 Å². The molecule has 0 atom stereocenters. The fourth-order valence-electron chi connectivity index (χ4n) is 1.51. The molecular weight excluding hydrogens is 256 g/mol. The molecule has 0 spiro atoms. The summed E-state index contributed by atoms with van der Waals surface area (Å²) in [5.41, 5.74) is 7.68. The Morgan fingerprint density at radius 1 is 1.32 bits per heavy atom. The topological polar surface area (TPSA) is 55.1 Å². The molecule has 0 aliphatic rings. The van der Waals surface area contributed by atoms with E-state index in [1.807, 2.05) is 20.8 Å². The maximum absolute atomic E-state index is 11.8. The Kier molecular flexibility index (Phi) is 5.48. The molecule has 0 aromatic heterocycles. The van der Waals surface area contributed by atoms with Gasteiger partial charge in [-0.15, -0.1) is 0 Å². The van der Waals surface area contributed by atoms with Crippen LogP contribution in [-0.2, 0) is 11.2 Å². The van der Waals surface area contributed by atoms with Crippen LogP contribution in [0.2, 0.25) is 0 Å². The number of rotatable bonds is 6. The van der Waals surface area contributed by atoms with Crippen LogP contribution in [0, 0.1) is 12.3 Å². The molecule has 0 saturated carbocycles. The molecule has 0 unspecified atom stereocenters. The normalized spacial score (nSPS) is 11.1. The predicted octanol–water partition coefficient (Wildman–Crippen LogP) is 2.36. The minimum atomic E-state index is -0.338. The van der Waals surface area contributed by atoms with Crippen molar-refractivity contribution >= 4 is 23.1 Å². The van der Waals surface area contributed by atoms with E-state index >= 15 is 0 Å². The number of nitrogens with two attached hydrogens (primary N) is 1. The minimum absolute atomic E-state index is 0.0323. The first kappa shape index (κ1) is 15.6. The van der Waals surface area contributed by atoms with Gasteiger partial charge in [-0.1, -0.05) is 55.9 Å². The van der Waals surface area contributed by atoms with Crippen LogP contribution in [0.25, 0.3) is 0 Å². The van der Waals surface area contributed by atoms with Crippen molar-refractivity contribution in [1.82, 2.24) is 5.32 Å². The maximum atomic E-state index is 11.8. The lowest BCUT2D eigenvalue weighted by Gasteiger charge is -2.23. The summed E-state index contributed by atoms with van der Waals surface area (Å²) < 4.78 is 0. The highest BCUT2D eigenvalue weighted by atomic mass is 32.1. The molecular formula is C15H22N2OS. The molecule has 0 radical (unpaired) electrons. The van der Waals surface area contributed by atoms with Gasteiger partial charge in [0.15, 0.2) is 0 Å². The summed E-state index contributed by atoms with van der Waals surface area (Å²) in [5, 5.41) is 2.88. The zero-order chi connectivity index (χ0) is 14.5. The first-order chi connectivity index (χ1) is 8.81. The van der Waals surface area contributed by atoms with Gasteiger partial charge in [-0.2, -0.15) is 0 Å². The summed E-state index contributed by atoms with van der Waals surface area (Å²) >= 11 is 4.96. The van der Waals surface area contributed by atoms with Gasteiger partial charge in [0.1, 0.15) is 0 Å². The first-order valence-corrected chi connectivity index (χ1v) is 6.84. The molecule has 4 heteroatoms. The van der Waals surface area contributed by atoms with Gasteiger partial charge in [-0.3, -0.25) is 4.79 Å². The standard InChI is InChI=1S/C15H22N2OS/c1-11-4-6-12(7-5-11)8-9-13(18)17-10-15(2,3)14(16)19/h4-7H,8-10H2,1-3H3,(H2,16,19)(H,17,18). The number of thiocarbonyl (C=S) groups is 1. The number of aryl methyl sites for hydroxylation is 2. The second-order valence-corrected chi connectivity index (χ2v) is 5.95. The monoisotopic (exact) mass is 278 g/mol. The molecule has 0 fully saturated rings. The smallest absolute Gasteiger partial charge is 0.220 e. The molecule has 1 rings (SSSR count). The summed E-state index contributed by atoms with van der Waals surface area (Å²) in [7, 11) is 0. The number of carbonyl (C=O) groups excluding carboxylic acids is 1. The fraction of sp³-hybridized carbons (Fsp3) is 0.467. The molecule has 1 amide bonds. The number of nitrogens with one attached hydrogen (secondary N) is 1. The Morgan fingerprint density at radius 2 is 1.89 bits per heavy atom. The van der Waals surface area contributed by atoms with Crippen molar-refractivity contribution in [3.63, 3.8) is 0 Å². The van der Waals surface area contributed by atoms with Crippen molar-refractivity contribution in [1.29, 1.82) is 0 Å². The van der Waals surface area contributed by atoms with E-state index in [4.69, 9.17) is 18.0 Å². The van der Waals surface area contributed by atoms with Crippen LogP contribution in [-0.4, -0.2) is 17.4 Å². The van der Waals surface area contributed by atoms with Crippen molar-refractivity contribution in [3.05, 3.63) is 35.4 Å². The Morgan fingerprint density at radius 3 is 2.42 bits per heavy atom. The Labute approximate surface area is 120 Å². The number of hydrogen-bond acceptors (Lipinski definition) is 2. The number of amides is 1. The SMILES string of the molecule is Cc1ccc(CCC(=O)NCC(C)(C)C(N)=S)cc1. The Hall–Kier alpha value is -1.42. The summed E-state index contributed by atoms with van der Waals surface area (Å²) in [6.45, 7) is 6.38. The van der Waals surface area contributed by atoms with Gasteiger partial charge in [0, 0.05) is 18.4 Å². The van der Waals surface area contributed by atoms with E-state index in [2.05, 4.69) is 29.6 Å². The van der Waals surface area contributed by atoms with Crippen LogP contribution in [0.4, 0.5) is 0 Å². The summed E-state index contributed by atoms with van der Waals surface area (Å²) in [6, 6.07) is 8.23. The second kappa shape index (κ2) is 6.66. The zero-order valence-electron chi connectivity index (χ0n) is 11.8. The van der Waals surface area contributed by atoms with E-state index in [1.165, 1.54) is 11.1 Å². The van der Waals surface area contributed by atoms with E-state index in [9.17, 15) is 4.79 Å². The van der Waals surface area contributed by atoms with Gasteiger partial charge in [-0.25, -0.2) is 0 Å². The molecule has 0 bridgehead atoms. The average Bonchev–Trinajstić information content (AvgIpc) is 2.35. The van der Waals surface area contributed by atoms with Gasteiger partial charge in [0.2, 0.25) is 5.91 Å². The number of benzene rings is 1. The van der Waals surface area contributed by atoms with Crippen molar-refractivity contribution in [2.24, 2.45) is 11.1 Å². The van der Waals surface area contributed by atoms with Crippen LogP contribution in [0.3, 0.4) is 0 Å². The Balaban J connectivity index is 2.36. The molecule has 3 N–H and O–H groups in total. The lowest BCUT2D eigenvalue weighted by atomic mass is 9.93. The van der Waals surface area contributed by atoms with Gasteiger partial charge >= 0.3 is 0 Å². The van der Waals surface area contributed by atoms with Crippen molar-refractivity contribution in [2.45, 2.75) is 33.6 Å². The second-order valence-electron chi connectivity index (χ2n) is 5.51. The lowest BCUT2D eigenvalue weighted by molar-refractivity contribution is -0.121. The molecule has 0 aliphatic heterocycles. The molecule has 1 aromatic carbocycles. The largest absolute Gasteiger partial charge is 0.393 e. The third-order valence-corrected chi connectivity index (χ3v) is 3.71. The van der Waals surface area contributed by atoms with Gasteiger partial charge in [0.05, 0.1) is 4.99 Å². The highest BCUT2D eigenvalue weighted by Crippen LogP contribution is 2.13. The van der Waals surface area contributed by atoms with Crippen LogP contribution < -0.4 is 11.1 Å². The first-order valence-electron chi connectivity index (χ1n) is 6.43. The molecule has 19 heavy (non-hydrogen) atoms. The van der Waals surface area contributed by atoms with Crippen molar-refractivity contribution in [2.75, 3.05) is 6.54 Å². The van der Waals surface area contributed by atoms with Crippen LogP contribution in [0.5, 0.6) is 0 Å². The van der Waals surface area contributed by atoms with Crippen LogP contribution >= 0.6 is 12.2 Å². The molecule has 3 nitrogen and oxygen atoms in total. The summed E-state index contributed by atoms with van der Waals surface area (Å²) in [4.78, 5) is 12.2. The van der Waals surface area contributed by atoms with Crippen LogP contribution in [0.15, 0.2) is 24.3 Å². The lowest BCUT2D eigenvalue weighted by Crippen LogP contribution is -2.41. The third-order valence-electron chi connectivity index (χ3n) is 3.16. The van der Waals surface area contributed by atoms with Crippen LogP contribution in [0.1, 0.15) is 31.4 Å². The predicted molar refractivity (Wildman–Crippen MR) is 83.1 cm³/mol. The minimum Gasteiger partial charge on any atom is -0.393 e. The molecule has 0 aliphatic carbocycles. The molecule has 0 heterocycles. The molecule has 1 aromatic rings. The Bertz CT molecular complexity index is 452. The molecule has 0 saturated heterocycles. The van der Waals surface area contributed by atoms with Gasteiger partial charge in [0.25, 0.3) is 0 Å². The highest BCUT2D eigenvalue weighted by Gasteiger charge is 2.21. The summed E-state index contributed by atoms with van der Waals surface area (Å²) in [6.07, 6.45) is 1.23. The summed E-state index contributed by atoms with van der Waals surface area (Å²) in [5.74, 6) is 0.0323. The van der Waals surface area contributed by atoms with Gasteiger partial charge in [-0.05, 0) is 18.9 Å². The van der Waals surface area contributed by atoms with E-state index in [0.717, 1.165) is 6.42 Å². The average molecular weight is 278 g/mol. The number of carbonyl (C=O) groups is 1. The van der Waals surface area contributed by atoms with Crippen molar-refractivity contribution in [3.8, 4) is 0 Å². The maximum Gasteiger partial charge on any atom is 0.220 e. The van der Waals surface area contributed by atoms with E-state index in [0.29, 0.717) is 18.0 Å². The van der Waals surface area contributed by atoms with E-state index in [1.54, 1.807) is 0 Å². The zero-order valence-corrected chi connectivity index (χ0v) is 12.6. The molecule has 104 valence electrons. The third kappa shape index (κ3) is 5.39. The van der Waals surface area contributed by atoms with Crippen molar-refractivity contribution < 1.29 is 4.79 Å². The van der Waals surface area contributed by atoms with E-state index < -0.39 is 0 Å². The highest BCUT2D eigenvalue weighted by molar-refractivity contribution is 7.80. The number of hydrogen-bond donors (Lipinski definition) is 2. The van der Waals surface area contributed by atoms with Gasteiger partial charge < -0.3 is 11.1 Å². The fourth-order valence-corrected chi connectivity index (χ4v) is 1.58.